The van der Waals surface area contributed by atoms with Crippen molar-refractivity contribution < 1.29 is 29.0 Å². The van der Waals surface area contributed by atoms with Crippen LogP contribution < -0.4 is 0 Å². The maximum Gasteiger partial charge on any atom is 0.313 e. The Hall–Kier alpha value is -1.59. The summed E-state index contributed by atoms with van der Waals surface area (Å²) in [4.78, 5) is 34.8. The van der Waals surface area contributed by atoms with E-state index in [-0.39, 0.29) is 11.3 Å². The van der Waals surface area contributed by atoms with E-state index in [4.69, 9.17) is 9.47 Å². The van der Waals surface area contributed by atoms with Gasteiger partial charge in [-0.1, -0.05) is 13.8 Å². The van der Waals surface area contributed by atoms with Crippen molar-refractivity contribution in [2.24, 2.45) is 16.7 Å². The lowest BCUT2D eigenvalue weighted by molar-refractivity contribution is -0.218. The van der Waals surface area contributed by atoms with Crippen LogP contribution in [0.5, 0.6) is 0 Å². The first-order chi connectivity index (χ1) is 10.1. The largest absolute Gasteiger partial charge is 0.481 e. The van der Waals surface area contributed by atoms with Gasteiger partial charge in [0.25, 0.3) is 0 Å². The van der Waals surface area contributed by atoms with Crippen LogP contribution in [0.4, 0.5) is 0 Å². The molecule has 0 aliphatic heterocycles. The number of ether oxygens (including phenoxy) is 2. The van der Waals surface area contributed by atoms with Crippen molar-refractivity contribution in [2.45, 2.75) is 65.6 Å². The number of carboxylic acids is 1. The van der Waals surface area contributed by atoms with Crippen molar-refractivity contribution in [3.8, 4) is 0 Å². The molecule has 0 aromatic rings. The van der Waals surface area contributed by atoms with Crippen LogP contribution in [0.3, 0.4) is 0 Å². The number of rotatable bonds is 3. The highest BCUT2D eigenvalue weighted by molar-refractivity contribution is 5.77. The quantitative estimate of drug-likeness (QED) is 0.803. The monoisotopic (exact) mass is 312 g/mol. The Bertz CT molecular complexity index is 497. The molecule has 0 spiro atoms. The third-order valence-corrected chi connectivity index (χ3v) is 5.30. The van der Waals surface area contributed by atoms with E-state index in [1.54, 1.807) is 0 Å². The normalized spacial score (nSPS) is 36.3. The molecule has 0 radical (unpaired) electrons. The van der Waals surface area contributed by atoms with E-state index < -0.39 is 35.5 Å². The molecule has 2 aliphatic rings. The van der Waals surface area contributed by atoms with Crippen LogP contribution >= 0.6 is 0 Å². The molecule has 0 saturated heterocycles. The topological polar surface area (TPSA) is 89.9 Å². The van der Waals surface area contributed by atoms with Gasteiger partial charge in [0.05, 0.1) is 0 Å². The predicted molar refractivity (Wildman–Crippen MR) is 76.9 cm³/mol. The molecular formula is C16H24O6. The van der Waals surface area contributed by atoms with E-state index in [2.05, 4.69) is 0 Å². The third-order valence-electron chi connectivity index (χ3n) is 5.30. The van der Waals surface area contributed by atoms with Gasteiger partial charge < -0.3 is 14.6 Å². The maximum absolute atomic E-state index is 11.9. The summed E-state index contributed by atoms with van der Waals surface area (Å²) in [5, 5.41) is 9.76. The first-order valence-electron chi connectivity index (χ1n) is 7.68. The van der Waals surface area contributed by atoms with E-state index >= 15 is 0 Å². The highest BCUT2D eigenvalue weighted by atomic mass is 16.6. The SMILES string of the molecule is CC(=O)O[C@@H]1[C@@H]2[C@H](OC(C)=O)CC[C@@]1(C(=O)O)CCC2(C)C. The molecule has 1 N–H and O–H groups in total. The Morgan fingerprint density at radius 1 is 1.00 bits per heavy atom. The molecule has 2 saturated carbocycles. The van der Waals surface area contributed by atoms with Gasteiger partial charge in [0.15, 0.2) is 0 Å². The van der Waals surface area contributed by atoms with Gasteiger partial charge in [0.2, 0.25) is 0 Å². The number of hydrogen-bond donors (Lipinski definition) is 1. The molecule has 2 aliphatic carbocycles. The average Bonchev–Trinajstić information content (AvgIpc) is 2.34. The lowest BCUT2D eigenvalue weighted by Crippen LogP contribution is -2.63. The van der Waals surface area contributed by atoms with E-state index in [9.17, 15) is 19.5 Å². The molecule has 0 amide bonds. The lowest BCUT2D eigenvalue weighted by atomic mass is 9.51. The molecule has 6 nitrogen and oxygen atoms in total. The number of carboxylic acid groups (broad SMARTS) is 1. The minimum atomic E-state index is -1.07. The van der Waals surface area contributed by atoms with Crippen LogP contribution in [0.15, 0.2) is 0 Å². The Morgan fingerprint density at radius 2 is 1.59 bits per heavy atom. The zero-order valence-electron chi connectivity index (χ0n) is 13.5. The van der Waals surface area contributed by atoms with Crippen LogP contribution in [0.2, 0.25) is 0 Å². The van der Waals surface area contributed by atoms with E-state index in [0.717, 1.165) is 0 Å². The van der Waals surface area contributed by atoms with Gasteiger partial charge in [-0.05, 0) is 31.1 Å². The van der Waals surface area contributed by atoms with Crippen LogP contribution in [-0.4, -0.2) is 35.2 Å². The molecule has 22 heavy (non-hydrogen) atoms. The number of carbonyl (C=O) groups excluding carboxylic acids is 2. The van der Waals surface area contributed by atoms with Crippen molar-refractivity contribution in [1.82, 2.24) is 0 Å². The second kappa shape index (κ2) is 5.56. The van der Waals surface area contributed by atoms with Gasteiger partial charge in [-0.15, -0.1) is 0 Å². The summed E-state index contributed by atoms with van der Waals surface area (Å²) >= 11 is 0. The fourth-order valence-electron chi connectivity index (χ4n) is 4.20. The van der Waals surface area contributed by atoms with Crippen molar-refractivity contribution in [1.29, 1.82) is 0 Å². The Morgan fingerprint density at radius 3 is 2.09 bits per heavy atom. The summed E-state index contributed by atoms with van der Waals surface area (Å²) in [7, 11) is 0. The van der Waals surface area contributed by atoms with Gasteiger partial charge in [-0.3, -0.25) is 14.4 Å². The molecule has 0 heterocycles. The number of hydrogen-bond acceptors (Lipinski definition) is 5. The smallest absolute Gasteiger partial charge is 0.313 e. The first-order valence-corrected chi connectivity index (χ1v) is 7.68. The highest BCUT2D eigenvalue weighted by Crippen LogP contribution is 2.58. The summed E-state index contributed by atoms with van der Waals surface area (Å²) in [6.07, 6.45) is 0.826. The van der Waals surface area contributed by atoms with Crippen LogP contribution in [0.25, 0.3) is 0 Å². The lowest BCUT2D eigenvalue weighted by Gasteiger charge is -2.56. The first kappa shape index (κ1) is 16.8. The predicted octanol–water partition coefficient (Wildman–Crippen LogP) is 2.15. The minimum Gasteiger partial charge on any atom is -0.481 e. The molecular weight excluding hydrogens is 288 g/mol. The minimum absolute atomic E-state index is 0.264. The molecule has 4 atom stereocenters. The van der Waals surface area contributed by atoms with Crippen molar-refractivity contribution in [2.75, 3.05) is 0 Å². The van der Waals surface area contributed by atoms with E-state index in [1.165, 1.54) is 13.8 Å². The van der Waals surface area contributed by atoms with E-state index in [1.807, 2.05) is 13.8 Å². The summed E-state index contributed by atoms with van der Waals surface area (Å²) in [6.45, 7) is 6.66. The number of carbonyl (C=O) groups is 3. The van der Waals surface area contributed by atoms with Crippen LogP contribution in [0.1, 0.15) is 53.4 Å². The fourth-order valence-corrected chi connectivity index (χ4v) is 4.20. The molecule has 0 aromatic carbocycles. The van der Waals surface area contributed by atoms with Gasteiger partial charge in [0.1, 0.15) is 17.6 Å². The molecule has 2 fully saturated rings. The van der Waals surface area contributed by atoms with Crippen LogP contribution in [0, 0.1) is 16.7 Å². The molecule has 2 bridgehead atoms. The molecule has 0 unspecified atom stereocenters. The van der Waals surface area contributed by atoms with Gasteiger partial charge >= 0.3 is 17.9 Å². The maximum atomic E-state index is 11.9. The van der Waals surface area contributed by atoms with Gasteiger partial charge in [-0.25, -0.2) is 0 Å². The summed E-state index contributed by atoms with van der Waals surface area (Å²) in [6, 6.07) is 0. The Balaban J connectivity index is 2.45. The van der Waals surface area contributed by atoms with Crippen LogP contribution in [-0.2, 0) is 23.9 Å². The fraction of sp³-hybridized carbons (Fsp3) is 0.812. The number of fused-ring (bicyclic) bond motifs is 2. The molecule has 2 rings (SSSR count). The Kier molecular flexibility index (Phi) is 4.24. The number of esters is 2. The van der Waals surface area contributed by atoms with Gasteiger partial charge in [0, 0.05) is 19.8 Å². The van der Waals surface area contributed by atoms with Crippen molar-refractivity contribution in [3.63, 3.8) is 0 Å². The summed E-state index contributed by atoms with van der Waals surface area (Å²) in [5.41, 5.74) is -1.33. The molecule has 124 valence electrons. The highest BCUT2D eigenvalue weighted by Gasteiger charge is 2.63. The second-order valence-electron chi connectivity index (χ2n) is 7.19. The number of aliphatic carboxylic acids is 1. The standard InChI is InChI=1S/C16H24O6/c1-9(17)21-11-5-6-16(14(19)20)8-7-15(3,4)12(11)13(16)22-10(2)18/h11-13H,5-8H2,1-4H3,(H,19,20)/t11-,12+,13-,16-/m1/s1. The van der Waals surface area contributed by atoms with Crippen molar-refractivity contribution in [3.05, 3.63) is 0 Å². The summed E-state index contributed by atoms with van der Waals surface area (Å²) < 4.78 is 10.9. The average molecular weight is 312 g/mol. The zero-order valence-corrected chi connectivity index (χ0v) is 13.5. The zero-order chi connectivity index (χ0) is 16.7. The molecule has 6 heteroatoms. The third kappa shape index (κ3) is 2.71. The van der Waals surface area contributed by atoms with Gasteiger partial charge in [-0.2, -0.15) is 0 Å². The van der Waals surface area contributed by atoms with E-state index in [0.29, 0.717) is 25.7 Å². The second-order valence-corrected chi connectivity index (χ2v) is 7.19. The summed E-state index contributed by atoms with van der Waals surface area (Å²) in [5.74, 6) is -2.13. The molecule has 0 aromatic heterocycles. The van der Waals surface area contributed by atoms with Crippen molar-refractivity contribution >= 4 is 17.9 Å². The Labute approximate surface area is 130 Å².